The van der Waals surface area contributed by atoms with Gasteiger partial charge in [-0.25, -0.2) is 4.79 Å². The predicted molar refractivity (Wildman–Crippen MR) is 134 cm³/mol. The van der Waals surface area contributed by atoms with E-state index in [4.69, 9.17) is 0 Å². The van der Waals surface area contributed by atoms with E-state index >= 15 is 0 Å². The highest BCUT2D eigenvalue weighted by Crippen LogP contribution is 2.41. The number of hydrogen-bond donors (Lipinski definition) is 3. The number of aliphatic hydroxyl groups is 1. The summed E-state index contributed by atoms with van der Waals surface area (Å²) in [5, 5.41) is 20.4. The van der Waals surface area contributed by atoms with Crippen LogP contribution in [0.5, 0.6) is 0 Å². The third-order valence-electron chi connectivity index (χ3n) is 5.37. The molecule has 5 nitrogen and oxygen atoms in total. The lowest BCUT2D eigenvalue weighted by Gasteiger charge is -2.38. The van der Waals surface area contributed by atoms with Crippen LogP contribution in [0.15, 0.2) is 70.2 Å². The fourth-order valence-electron chi connectivity index (χ4n) is 4.19. The van der Waals surface area contributed by atoms with Gasteiger partial charge < -0.3 is 15.1 Å². The van der Waals surface area contributed by atoms with Crippen molar-refractivity contribution in [3.63, 3.8) is 0 Å². The molecule has 7 heteroatoms. The molecule has 0 aromatic heterocycles. The molecular weight excluding hydrogens is 478 g/mol. The molecule has 0 radical (unpaired) electrons. The minimum absolute atomic E-state index is 0.000656. The van der Waals surface area contributed by atoms with Gasteiger partial charge in [-0.1, -0.05) is 40.7 Å². The van der Waals surface area contributed by atoms with E-state index in [1.165, 1.54) is 23.8 Å². The Morgan fingerprint density at radius 3 is 2.32 bits per heavy atom. The molecule has 0 aromatic carbocycles. The highest BCUT2D eigenvalue weighted by molar-refractivity contribution is 9.08. The summed E-state index contributed by atoms with van der Waals surface area (Å²) >= 11 is 6.47. The number of carbonyl (C=O) groups excluding carboxylic acids is 1. The quantitative estimate of drug-likeness (QED) is 0.196. The van der Waals surface area contributed by atoms with E-state index in [0.717, 1.165) is 50.0 Å². The Bertz CT molecular complexity index is 865. The fourth-order valence-corrected chi connectivity index (χ4v) is 4.19. The Kier molecular flexibility index (Phi) is 11.7. The summed E-state index contributed by atoms with van der Waals surface area (Å²) in [6, 6.07) is 0. The maximum absolute atomic E-state index is 13.2. The molecule has 0 atom stereocenters. The lowest BCUT2D eigenvalue weighted by Crippen LogP contribution is -2.34. The molecule has 2 aliphatic heterocycles. The molecule has 1 aliphatic carbocycles. The van der Waals surface area contributed by atoms with E-state index in [0.29, 0.717) is 6.42 Å². The van der Waals surface area contributed by atoms with E-state index in [9.17, 15) is 19.8 Å². The van der Waals surface area contributed by atoms with Crippen LogP contribution in [-0.2, 0) is 9.59 Å². The molecule has 31 heavy (non-hydrogen) atoms. The SMILES string of the molecule is C=C/C=C(C(=O)O)\C(=C/C)C(=O)C1=CCC2=C3C(=C1O)CCCN3CCC2.CBr.CS. The maximum Gasteiger partial charge on any atom is 0.336 e. The van der Waals surface area contributed by atoms with Gasteiger partial charge in [0.15, 0.2) is 5.78 Å². The molecule has 0 unspecified atom stereocenters. The van der Waals surface area contributed by atoms with Gasteiger partial charge in [-0.05, 0) is 62.8 Å². The summed E-state index contributed by atoms with van der Waals surface area (Å²) in [6.45, 7) is 7.11. The van der Waals surface area contributed by atoms with Gasteiger partial charge in [0.2, 0.25) is 0 Å². The standard InChI is InChI=1S/C22H25NO4.CH3Br.CH4S/c1-3-7-16(22(26)27)15(4-2)20(24)18-11-10-14-8-5-12-23-13-6-9-17(19(14)23)21(18)25;2*1-2/h3-4,7,11,25H,1,5-6,8-10,12-13H2,2H3,(H,26,27);1H3;2H,1H3/b15-4+,16-7+;;. The number of carboxylic acid groups (broad SMARTS) is 1. The number of carbonyl (C=O) groups is 2. The second kappa shape index (κ2) is 13.4. The topological polar surface area (TPSA) is 77.8 Å². The van der Waals surface area contributed by atoms with E-state index in [1.807, 2.05) is 5.83 Å². The van der Waals surface area contributed by atoms with E-state index in [-0.39, 0.29) is 22.5 Å². The van der Waals surface area contributed by atoms with Gasteiger partial charge in [0, 0.05) is 29.9 Å². The van der Waals surface area contributed by atoms with Crippen molar-refractivity contribution in [3.8, 4) is 0 Å². The number of ketones is 1. The Hall–Kier alpha value is -1.99. The van der Waals surface area contributed by atoms with Crippen LogP contribution in [0, 0.1) is 0 Å². The first-order valence-electron chi connectivity index (χ1n) is 10.2. The molecule has 0 bridgehead atoms. The van der Waals surface area contributed by atoms with Crippen molar-refractivity contribution in [2.45, 2.75) is 39.0 Å². The number of aliphatic carboxylic acids is 1. The Morgan fingerprint density at radius 1 is 1.16 bits per heavy atom. The van der Waals surface area contributed by atoms with Crippen LogP contribution < -0.4 is 0 Å². The van der Waals surface area contributed by atoms with Crippen molar-refractivity contribution in [2.24, 2.45) is 0 Å². The number of thiol groups is 1. The number of alkyl halides is 1. The van der Waals surface area contributed by atoms with Crippen LogP contribution in [0.25, 0.3) is 0 Å². The van der Waals surface area contributed by atoms with Gasteiger partial charge >= 0.3 is 5.97 Å². The first kappa shape index (κ1) is 27.0. The van der Waals surface area contributed by atoms with Gasteiger partial charge in [-0.15, -0.1) is 0 Å². The van der Waals surface area contributed by atoms with Crippen molar-refractivity contribution >= 4 is 40.3 Å². The van der Waals surface area contributed by atoms with E-state index in [2.05, 4.69) is 40.0 Å². The van der Waals surface area contributed by atoms with Crippen LogP contribution in [0.3, 0.4) is 0 Å². The third kappa shape index (κ3) is 6.04. The summed E-state index contributed by atoms with van der Waals surface area (Å²) < 4.78 is 0. The molecule has 3 aliphatic rings. The summed E-state index contributed by atoms with van der Waals surface area (Å²) in [5.41, 5.74) is 3.33. The number of hydrogen-bond acceptors (Lipinski definition) is 5. The highest BCUT2D eigenvalue weighted by Gasteiger charge is 2.33. The average molecular weight is 510 g/mol. The van der Waals surface area contributed by atoms with Crippen molar-refractivity contribution in [2.75, 3.05) is 25.2 Å². The lowest BCUT2D eigenvalue weighted by atomic mass is 9.89. The summed E-state index contributed by atoms with van der Waals surface area (Å²) in [4.78, 5) is 27.1. The molecule has 3 rings (SSSR count). The number of Topliss-reactive ketones (excluding diaryl/α,β-unsaturated/α-hetero) is 1. The molecule has 2 heterocycles. The second-order valence-corrected chi connectivity index (χ2v) is 6.95. The number of halogens is 1. The number of piperidine rings is 1. The fraction of sp³-hybridized carbons (Fsp3) is 0.417. The zero-order chi connectivity index (χ0) is 23.6. The van der Waals surface area contributed by atoms with Crippen molar-refractivity contribution in [3.05, 3.63) is 70.2 Å². The molecule has 0 spiro atoms. The number of allylic oxidation sites excluding steroid dienone is 7. The summed E-state index contributed by atoms with van der Waals surface area (Å²) in [5.74, 6) is 0.153. The summed E-state index contributed by atoms with van der Waals surface area (Å²) in [6.07, 6.45) is 11.9. The molecule has 170 valence electrons. The largest absolute Gasteiger partial charge is 0.507 e. The first-order chi connectivity index (χ1) is 15.0. The van der Waals surface area contributed by atoms with E-state index < -0.39 is 11.8 Å². The first-order valence-corrected chi connectivity index (χ1v) is 12.7. The van der Waals surface area contributed by atoms with Gasteiger partial charge in [-0.3, -0.25) is 4.79 Å². The minimum atomic E-state index is -1.20. The number of carboxylic acids is 1. The van der Waals surface area contributed by atoms with Gasteiger partial charge in [-0.2, -0.15) is 12.6 Å². The maximum atomic E-state index is 13.2. The summed E-state index contributed by atoms with van der Waals surface area (Å²) in [7, 11) is 0. The predicted octanol–water partition coefficient (Wildman–Crippen LogP) is 5.54. The Morgan fingerprint density at radius 2 is 1.77 bits per heavy atom. The molecule has 0 saturated carbocycles. The normalized spacial score (nSPS) is 18.5. The van der Waals surface area contributed by atoms with Gasteiger partial charge in [0.25, 0.3) is 0 Å². The highest BCUT2D eigenvalue weighted by atomic mass is 79.9. The Labute approximate surface area is 199 Å². The number of aliphatic hydroxyl groups excluding tert-OH is 1. The van der Waals surface area contributed by atoms with Crippen molar-refractivity contribution < 1.29 is 19.8 Å². The van der Waals surface area contributed by atoms with Crippen LogP contribution >= 0.6 is 28.6 Å². The number of nitrogens with zero attached hydrogens (tertiary/aromatic N) is 1. The Balaban J connectivity index is 0.00000113. The monoisotopic (exact) mass is 509 g/mol. The molecule has 1 fully saturated rings. The van der Waals surface area contributed by atoms with Crippen LogP contribution in [-0.4, -0.2) is 52.0 Å². The lowest BCUT2D eigenvalue weighted by molar-refractivity contribution is -0.132. The molecule has 2 N–H and O–H groups in total. The van der Waals surface area contributed by atoms with E-state index in [1.54, 1.807) is 19.3 Å². The zero-order valence-corrected chi connectivity index (χ0v) is 20.9. The average Bonchev–Trinajstić information content (AvgIpc) is 2.94. The van der Waals surface area contributed by atoms with Gasteiger partial charge in [0.05, 0.1) is 11.1 Å². The van der Waals surface area contributed by atoms with Crippen LogP contribution in [0.2, 0.25) is 0 Å². The molecule has 1 saturated heterocycles. The third-order valence-corrected chi connectivity index (χ3v) is 5.37. The molecule has 0 amide bonds. The number of rotatable bonds is 5. The zero-order valence-electron chi connectivity index (χ0n) is 18.4. The van der Waals surface area contributed by atoms with Gasteiger partial charge in [0.1, 0.15) is 5.76 Å². The van der Waals surface area contributed by atoms with Crippen molar-refractivity contribution in [1.29, 1.82) is 0 Å². The molecular formula is C24H32BrNO4S. The molecule has 0 aromatic rings. The van der Waals surface area contributed by atoms with Crippen LogP contribution in [0.1, 0.15) is 39.0 Å². The minimum Gasteiger partial charge on any atom is -0.507 e. The smallest absolute Gasteiger partial charge is 0.336 e. The second-order valence-electron chi connectivity index (χ2n) is 6.95. The van der Waals surface area contributed by atoms with Crippen molar-refractivity contribution in [1.82, 2.24) is 4.90 Å². The van der Waals surface area contributed by atoms with Crippen LogP contribution in [0.4, 0.5) is 0 Å².